The van der Waals surface area contributed by atoms with Crippen molar-refractivity contribution >= 4 is 11.4 Å². The lowest BCUT2D eigenvalue weighted by Gasteiger charge is -2.27. The summed E-state index contributed by atoms with van der Waals surface area (Å²) >= 11 is 0. The highest BCUT2D eigenvalue weighted by Gasteiger charge is 2.18. The van der Waals surface area contributed by atoms with Gasteiger partial charge in [0.05, 0.1) is 18.1 Å². The lowest BCUT2D eigenvalue weighted by Crippen LogP contribution is -2.30. The average Bonchev–Trinajstić information content (AvgIpc) is 2.27. The van der Waals surface area contributed by atoms with Crippen LogP contribution in [0, 0.1) is 10.1 Å². The van der Waals surface area contributed by atoms with Crippen LogP contribution in [0.25, 0.3) is 0 Å². The minimum absolute atomic E-state index is 0.0316. The van der Waals surface area contributed by atoms with Crippen molar-refractivity contribution in [2.45, 2.75) is 39.2 Å². The van der Waals surface area contributed by atoms with Gasteiger partial charge >= 0.3 is 0 Å². The fourth-order valence-electron chi connectivity index (χ4n) is 1.96. The first-order valence-electron chi connectivity index (χ1n) is 5.99. The van der Waals surface area contributed by atoms with Crippen LogP contribution in [0.2, 0.25) is 0 Å². The molecule has 100 valence electrons. The molecule has 1 N–H and O–H groups in total. The fourth-order valence-corrected chi connectivity index (χ4v) is 1.96. The van der Waals surface area contributed by atoms with Gasteiger partial charge in [0.1, 0.15) is 5.75 Å². The predicted molar refractivity (Wildman–Crippen MR) is 72.3 cm³/mol. The minimum Gasteiger partial charge on any atom is -0.496 e. The molecule has 0 saturated heterocycles. The zero-order valence-corrected chi connectivity index (χ0v) is 11.3. The number of nitro benzene ring substituents is 1. The topological polar surface area (TPSA) is 64.4 Å². The van der Waals surface area contributed by atoms with Gasteiger partial charge < -0.3 is 10.1 Å². The molecule has 1 aromatic rings. The molecule has 1 rings (SSSR count). The van der Waals surface area contributed by atoms with Crippen molar-refractivity contribution in [2.24, 2.45) is 0 Å². The van der Waals surface area contributed by atoms with Gasteiger partial charge in [0.2, 0.25) is 0 Å². The van der Waals surface area contributed by atoms with Gasteiger partial charge in [-0.2, -0.15) is 0 Å². The minimum atomic E-state index is -0.416. The highest BCUT2D eigenvalue weighted by Crippen LogP contribution is 2.28. The molecule has 0 aliphatic carbocycles. The van der Waals surface area contributed by atoms with Crippen molar-refractivity contribution in [1.29, 1.82) is 0 Å². The average molecular weight is 252 g/mol. The van der Waals surface area contributed by atoms with Crippen molar-refractivity contribution in [2.75, 3.05) is 12.4 Å². The lowest BCUT2D eigenvalue weighted by atomic mass is 9.98. The largest absolute Gasteiger partial charge is 0.496 e. The Morgan fingerprint density at radius 1 is 1.39 bits per heavy atom. The van der Waals surface area contributed by atoms with E-state index in [0.717, 1.165) is 12.8 Å². The highest BCUT2D eigenvalue weighted by molar-refractivity contribution is 5.57. The summed E-state index contributed by atoms with van der Waals surface area (Å²) in [6, 6.07) is 4.71. The van der Waals surface area contributed by atoms with E-state index in [9.17, 15) is 10.1 Å². The van der Waals surface area contributed by atoms with Crippen LogP contribution in [0.15, 0.2) is 18.2 Å². The van der Waals surface area contributed by atoms with Crippen LogP contribution in [0.4, 0.5) is 11.4 Å². The van der Waals surface area contributed by atoms with Gasteiger partial charge in [0.15, 0.2) is 0 Å². The first kappa shape index (κ1) is 14.3. The third-order valence-electron chi connectivity index (χ3n) is 2.70. The van der Waals surface area contributed by atoms with Crippen LogP contribution < -0.4 is 10.1 Å². The van der Waals surface area contributed by atoms with Crippen molar-refractivity contribution in [1.82, 2.24) is 0 Å². The summed E-state index contributed by atoms with van der Waals surface area (Å²) in [4.78, 5) is 10.4. The van der Waals surface area contributed by atoms with E-state index >= 15 is 0 Å². The van der Waals surface area contributed by atoms with Gasteiger partial charge in [-0.25, -0.2) is 0 Å². The molecule has 0 fully saturated rings. The molecule has 18 heavy (non-hydrogen) atoms. The Bertz CT molecular complexity index is 430. The summed E-state index contributed by atoms with van der Waals surface area (Å²) in [5.74, 6) is 0.485. The number of nitrogens with zero attached hydrogens (tertiary/aromatic N) is 1. The summed E-state index contributed by atoms with van der Waals surface area (Å²) in [6.45, 7) is 6.25. The molecule has 0 aliphatic heterocycles. The van der Waals surface area contributed by atoms with E-state index in [1.165, 1.54) is 19.2 Å². The lowest BCUT2D eigenvalue weighted by molar-refractivity contribution is -0.384. The van der Waals surface area contributed by atoms with Crippen LogP contribution in [0.1, 0.15) is 33.6 Å². The summed E-state index contributed by atoms with van der Waals surface area (Å²) < 4.78 is 5.08. The third-order valence-corrected chi connectivity index (χ3v) is 2.70. The summed E-state index contributed by atoms with van der Waals surface area (Å²) in [5.41, 5.74) is 0.637. The SMILES string of the molecule is CCCC(C)(C)Nc1cc(OC)cc([N+](=O)[O-])c1. The molecule has 0 heterocycles. The van der Waals surface area contributed by atoms with E-state index in [-0.39, 0.29) is 11.2 Å². The molecule has 0 spiro atoms. The maximum atomic E-state index is 10.8. The van der Waals surface area contributed by atoms with Crippen LogP contribution >= 0.6 is 0 Å². The summed E-state index contributed by atoms with van der Waals surface area (Å²) in [5, 5.41) is 14.1. The van der Waals surface area contributed by atoms with Gasteiger partial charge in [0, 0.05) is 23.4 Å². The quantitative estimate of drug-likeness (QED) is 0.620. The van der Waals surface area contributed by atoms with E-state index in [0.29, 0.717) is 11.4 Å². The Hall–Kier alpha value is -1.78. The van der Waals surface area contributed by atoms with Crippen molar-refractivity contribution in [3.8, 4) is 5.75 Å². The molecule has 0 unspecified atom stereocenters. The first-order chi connectivity index (χ1) is 8.38. The second-order valence-corrected chi connectivity index (χ2v) is 4.94. The monoisotopic (exact) mass is 252 g/mol. The zero-order valence-electron chi connectivity index (χ0n) is 11.3. The standard InChI is InChI=1S/C13H20N2O3/c1-5-6-13(2,3)14-10-7-11(15(16)17)9-12(8-10)18-4/h7-9,14H,5-6H2,1-4H3. The second-order valence-electron chi connectivity index (χ2n) is 4.94. The summed E-state index contributed by atoms with van der Waals surface area (Å²) in [6.07, 6.45) is 2.03. The molecule has 0 saturated carbocycles. The van der Waals surface area contributed by atoms with Crippen molar-refractivity contribution in [3.63, 3.8) is 0 Å². The maximum absolute atomic E-state index is 10.8. The van der Waals surface area contributed by atoms with Crippen LogP contribution in [0.5, 0.6) is 5.75 Å². The zero-order chi connectivity index (χ0) is 13.8. The van der Waals surface area contributed by atoms with E-state index in [4.69, 9.17) is 4.74 Å². The molecule has 5 heteroatoms. The van der Waals surface area contributed by atoms with Crippen LogP contribution in [0.3, 0.4) is 0 Å². The Kier molecular flexibility index (Phi) is 4.53. The number of nitrogens with one attached hydrogen (secondary N) is 1. The number of rotatable bonds is 6. The van der Waals surface area contributed by atoms with Gasteiger partial charge in [-0.15, -0.1) is 0 Å². The first-order valence-corrected chi connectivity index (χ1v) is 5.99. The Balaban J connectivity index is 3.01. The van der Waals surface area contributed by atoms with Crippen molar-refractivity contribution < 1.29 is 9.66 Å². The number of hydrogen-bond acceptors (Lipinski definition) is 4. The predicted octanol–water partition coefficient (Wildman–Crippen LogP) is 3.59. The van der Waals surface area contributed by atoms with E-state index in [2.05, 4.69) is 26.1 Å². The number of hydrogen-bond donors (Lipinski definition) is 1. The molecular formula is C13H20N2O3. The van der Waals surface area contributed by atoms with E-state index in [1.54, 1.807) is 6.07 Å². The molecule has 0 atom stereocenters. The number of benzene rings is 1. The smallest absolute Gasteiger partial charge is 0.275 e. The molecule has 0 aliphatic rings. The van der Waals surface area contributed by atoms with Crippen molar-refractivity contribution in [3.05, 3.63) is 28.3 Å². The Morgan fingerprint density at radius 2 is 2.06 bits per heavy atom. The normalized spacial score (nSPS) is 11.1. The van der Waals surface area contributed by atoms with Crippen LogP contribution in [-0.2, 0) is 0 Å². The Labute approximate surface area is 107 Å². The number of non-ortho nitro benzene ring substituents is 1. The van der Waals surface area contributed by atoms with E-state index in [1.807, 2.05) is 0 Å². The fraction of sp³-hybridized carbons (Fsp3) is 0.538. The molecule has 5 nitrogen and oxygen atoms in total. The van der Waals surface area contributed by atoms with Gasteiger partial charge in [-0.05, 0) is 20.3 Å². The Morgan fingerprint density at radius 3 is 2.56 bits per heavy atom. The highest BCUT2D eigenvalue weighted by atomic mass is 16.6. The molecule has 0 radical (unpaired) electrons. The molecule has 0 amide bonds. The van der Waals surface area contributed by atoms with Gasteiger partial charge in [0.25, 0.3) is 5.69 Å². The second kappa shape index (κ2) is 5.71. The van der Waals surface area contributed by atoms with Crippen LogP contribution in [-0.4, -0.2) is 17.6 Å². The van der Waals surface area contributed by atoms with E-state index < -0.39 is 4.92 Å². The van der Waals surface area contributed by atoms with Gasteiger partial charge in [-0.3, -0.25) is 10.1 Å². The molecular weight excluding hydrogens is 232 g/mol. The number of ether oxygens (including phenoxy) is 1. The summed E-state index contributed by atoms with van der Waals surface area (Å²) in [7, 11) is 1.50. The number of anilines is 1. The number of methoxy groups -OCH3 is 1. The maximum Gasteiger partial charge on any atom is 0.275 e. The molecule has 0 aromatic heterocycles. The third kappa shape index (κ3) is 3.91. The van der Waals surface area contributed by atoms with Gasteiger partial charge in [-0.1, -0.05) is 13.3 Å². The molecule has 1 aromatic carbocycles. The molecule has 0 bridgehead atoms. The number of nitro groups is 1.